The highest BCUT2D eigenvalue weighted by Gasteiger charge is 2.26. The molecule has 1 heterocycles. The monoisotopic (exact) mass is 287 g/mol. The van der Waals surface area contributed by atoms with Gasteiger partial charge < -0.3 is 5.11 Å². The molecule has 21 heavy (non-hydrogen) atoms. The van der Waals surface area contributed by atoms with E-state index in [-0.39, 0.29) is 6.10 Å². The van der Waals surface area contributed by atoms with Crippen molar-refractivity contribution < 1.29 is 5.11 Å². The van der Waals surface area contributed by atoms with Gasteiger partial charge in [-0.1, -0.05) is 25.1 Å². The second-order valence-corrected chi connectivity index (χ2v) is 5.91. The molecule has 2 atom stereocenters. The predicted octanol–water partition coefficient (Wildman–Crippen LogP) is 1.84. The lowest BCUT2D eigenvalue weighted by Gasteiger charge is -2.41. The number of piperazine rings is 1. The topological polar surface area (TPSA) is 50.5 Å². The van der Waals surface area contributed by atoms with Crippen molar-refractivity contribution in [2.75, 3.05) is 26.2 Å². The first kappa shape index (κ1) is 16.0. The summed E-state index contributed by atoms with van der Waals surface area (Å²) in [5.74, 6) is 0. The fourth-order valence-electron chi connectivity index (χ4n) is 3.08. The van der Waals surface area contributed by atoms with Crippen LogP contribution >= 0.6 is 0 Å². The zero-order chi connectivity index (χ0) is 15.2. The Morgan fingerprint density at radius 3 is 2.81 bits per heavy atom. The predicted molar refractivity (Wildman–Crippen MR) is 83.8 cm³/mol. The maximum Gasteiger partial charge on any atom is 0.0995 e. The van der Waals surface area contributed by atoms with E-state index in [4.69, 9.17) is 0 Å². The molecular formula is C17H25N3O. The summed E-state index contributed by atoms with van der Waals surface area (Å²) in [6, 6.07) is 10.6. The first-order valence-corrected chi connectivity index (χ1v) is 7.76. The molecule has 114 valence electrons. The number of β-amino-alcohol motifs (C(OH)–C–C–N with tert-alkyl or cyclic N) is 1. The highest BCUT2D eigenvalue weighted by atomic mass is 16.3. The summed E-state index contributed by atoms with van der Waals surface area (Å²) in [5.41, 5.74) is 1.88. The number of aliphatic hydroxyl groups is 1. The molecule has 1 saturated heterocycles. The third kappa shape index (κ3) is 4.28. The summed E-state index contributed by atoms with van der Waals surface area (Å²) in [6.45, 7) is 8.61. The molecule has 0 unspecified atom stereocenters. The van der Waals surface area contributed by atoms with Crippen LogP contribution in [0, 0.1) is 11.3 Å². The van der Waals surface area contributed by atoms with Crippen LogP contribution in [0.3, 0.4) is 0 Å². The van der Waals surface area contributed by atoms with Crippen molar-refractivity contribution >= 4 is 0 Å². The van der Waals surface area contributed by atoms with E-state index in [1.54, 1.807) is 0 Å². The molecule has 0 bridgehead atoms. The molecule has 4 nitrogen and oxygen atoms in total. The van der Waals surface area contributed by atoms with E-state index in [9.17, 15) is 10.4 Å². The second kappa shape index (κ2) is 7.56. The van der Waals surface area contributed by atoms with Gasteiger partial charge in [0.25, 0.3) is 0 Å². The van der Waals surface area contributed by atoms with Crippen molar-refractivity contribution in [2.24, 2.45) is 0 Å². The summed E-state index contributed by atoms with van der Waals surface area (Å²) < 4.78 is 0. The van der Waals surface area contributed by atoms with Crippen LogP contribution in [0.5, 0.6) is 0 Å². The van der Waals surface area contributed by atoms with Gasteiger partial charge in [0, 0.05) is 38.8 Å². The van der Waals surface area contributed by atoms with Crippen LogP contribution in [0.2, 0.25) is 0 Å². The minimum atomic E-state index is -0.273. The fourth-order valence-corrected chi connectivity index (χ4v) is 3.08. The van der Waals surface area contributed by atoms with Gasteiger partial charge in [-0.25, -0.2) is 0 Å². The van der Waals surface area contributed by atoms with Crippen LogP contribution in [-0.4, -0.2) is 53.2 Å². The Labute approximate surface area is 127 Å². The molecule has 1 aromatic rings. The van der Waals surface area contributed by atoms with Gasteiger partial charge >= 0.3 is 0 Å². The van der Waals surface area contributed by atoms with E-state index < -0.39 is 0 Å². The molecule has 0 spiro atoms. The van der Waals surface area contributed by atoms with Gasteiger partial charge in [0.1, 0.15) is 0 Å². The quantitative estimate of drug-likeness (QED) is 0.898. The highest BCUT2D eigenvalue weighted by molar-refractivity contribution is 5.37. The van der Waals surface area contributed by atoms with Crippen LogP contribution in [0.4, 0.5) is 0 Å². The number of benzene rings is 1. The molecule has 0 amide bonds. The average Bonchev–Trinajstić information content (AvgIpc) is 2.49. The summed E-state index contributed by atoms with van der Waals surface area (Å²) in [6.07, 6.45) is 0.813. The largest absolute Gasteiger partial charge is 0.392 e. The van der Waals surface area contributed by atoms with E-state index >= 15 is 0 Å². The molecule has 2 rings (SSSR count). The zero-order valence-corrected chi connectivity index (χ0v) is 13.0. The fraction of sp³-hybridized carbons (Fsp3) is 0.588. The van der Waals surface area contributed by atoms with E-state index in [0.29, 0.717) is 6.04 Å². The third-order valence-corrected chi connectivity index (χ3v) is 4.19. The van der Waals surface area contributed by atoms with E-state index in [1.165, 1.54) is 0 Å². The lowest BCUT2D eigenvalue weighted by atomic mass is 10.1. The Kier molecular flexibility index (Phi) is 5.75. The van der Waals surface area contributed by atoms with Crippen molar-refractivity contribution in [3.8, 4) is 6.07 Å². The molecular weight excluding hydrogens is 262 g/mol. The van der Waals surface area contributed by atoms with Crippen LogP contribution in [0.15, 0.2) is 24.3 Å². The molecule has 1 aromatic carbocycles. The van der Waals surface area contributed by atoms with Gasteiger partial charge in [-0.3, -0.25) is 9.80 Å². The number of nitrogens with zero attached hydrogens (tertiary/aromatic N) is 3. The van der Waals surface area contributed by atoms with Crippen LogP contribution in [0.25, 0.3) is 0 Å². The first-order valence-electron chi connectivity index (χ1n) is 7.76. The molecule has 0 aliphatic carbocycles. The van der Waals surface area contributed by atoms with Gasteiger partial charge in [-0.2, -0.15) is 5.26 Å². The summed E-state index contributed by atoms with van der Waals surface area (Å²) >= 11 is 0. The van der Waals surface area contributed by atoms with Crippen molar-refractivity contribution in [3.05, 3.63) is 35.4 Å². The Balaban J connectivity index is 1.99. The Hall–Kier alpha value is -1.41. The van der Waals surface area contributed by atoms with E-state index in [1.807, 2.05) is 31.2 Å². The zero-order valence-electron chi connectivity index (χ0n) is 13.0. The number of hydrogen-bond acceptors (Lipinski definition) is 4. The second-order valence-electron chi connectivity index (χ2n) is 5.91. The van der Waals surface area contributed by atoms with Crippen molar-refractivity contribution in [3.63, 3.8) is 0 Å². The van der Waals surface area contributed by atoms with Gasteiger partial charge in [-0.15, -0.1) is 0 Å². The molecule has 1 N–H and O–H groups in total. The maximum atomic E-state index is 9.60. The molecule has 1 aliphatic rings. The molecule has 4 heteroatoms. The standard InChI is InChI=1S/C17H25N3O/c1-3-17-13-19(8-9-20(17)11-14(2)21)12-16-7-5-4-6-15(16)10-18/h4-7,14,17,21H,3,8-9,11-13H2,1-2H3/t14-,17-/m1/s1. The molecule has 0 radical (unpaired) electrons. The molecule has 0 saturated carbocycles. The number of hydrogen-bond donors (Lipinski definition) is 1. The van der Waals surface area contributed by atoms with Crippen molar-refractivity contribution in [1.29, 1.82) is 5.26 Å². The summed E-state index contributed by atoms with van der Waals surface area (Å²) in [7, 11) is 0. The Morgan fingerprint density at radius 1 is 1.38 bits per heavy atom. The van der Waals surface area contributed by atoms with Gasteiger partial charge in [-0.05, 0) is 25.0 Å². The first-order chi connectivity index (χ1) is 10.1. The van der Waals surface area contributed by atoms with E-state index in [2.05, 4.69) is 22.8 Å². The number of rotatable bonds is 5. The van der Waals surface area contributed by atoms with Gasteiger partial charge in [0.05, 0.1) is 17.7 Å². The minimum absolute atomic E-state index is 0.273. The lowest BCUT2D eigenvalue weighted by molar-refractivity contribution is 0.0337. The highest BCUT2D eigenvalue weighted by Crippen LogP contribution is 2.17. The normalized spacial score (nSPS) is 21.9. The summed E-state index contributed by atoms with van der Waals surface area (Å²) in [4.78, 5) is 4.81. The third-order valence-electron chi connectivity index (χ3n) is 4.19. The van der Waals surface area contributed by atoms with Crippen molar-refractivity contribution in [2.45, 2.75) is 39.0 Å². The van der Waals surface area contributed by atoms with Crippen LogP contribution in [0.1, 0.15) is 31.4 Å². The van der Waals surface area contributed by atoms with Crippen LogP contribution in [-0.2, 0) is 6.54 Å². The van der Waals surface area contributed by atoms with Crippen LogP contribution < -0.4 is 0 Å². The molecule has 1 aliphatic heterocycles. The Morgan fingerprint density at radius 2 is 2.14 bits per heavy atom. The average molecular weight is 287 g/mol. The maximum absolute atomic E-state index is 9.60. The van der Waals surface area contributed by atoms with Gasteiger partial charge in [0.2, 0.25) is 0 Å². The lowest BCUT2D eigenvalue weighted by Crippen LogP contribution is -2.54. The Bertz CT molecular complexity index is 495. The van der Waals surface area contributed by atoms with Gasteiger partial charge in [0.15, 0.2) is 0 Å². The summed E-state index contributed by atoms with van der Waals surface area (Å²) in [5, 5.41) is 18.8. The number of nitriles is 1. The minimum Gasteiger partial charge on any atom is -0.392 e. The van der Waals surface area contributed by atoms with Crippen molar-refractivity contribution in [1.82, 2.24) is 9.80 Å². The SMILES string of the molecule is CC[C@@H]1CN(Cc2ccccc2C#N)CCN1C[C@@H](C)O. The van der Waals surface area contributed by atoms with E-state index in [0.717, 1.165) is 50.3 Å². The smallest absolute Gasteiger partial charge is 0.0995 e. The molecule has 0 aromatic heterocycles. The molecule has 1 fully saturated rings. The number of aliphatic hydroxyl groups excluding tert-OH is 1.